The van der Waals surface area contributed by atoms with Gasteiger partial charge < -0.3 is 0 Å². The maximum Gasteiger partial charge on any atom is 0.358 e. The van der Waals surface area contributed by atoms with E-state index in [2.05, 4.69) is 0 Å². The van der Waals surface area contributed by atoms with Crippen LogP contribution in [0.2, 0.25) is 0 Å². The predicted molar refractivity (Wildman–Crippen MR) is 89.8 cm³/mol. The van der Waals surface area contributed by atoms with Gasteiger partial charge in [0.05, 0.1) is 0 Å². The largest absolute Gasteiger partial charge is 0.358 e. The lowest BCUT2D eigenvalue weighted by atomic mass is 10.5. The summed E-state index contributed by atoms with van der Waals surface area (Å²) >= 11 is 34.7. The fourth-order valence-corrected chi connectivity index (χ4v) is 3.62. The fourth-order valence-electron chi connectivity index (χ4n) is 1.21. The van der Waals surface area contributed by atoms with Gasteiger partial charge in [-0.2, -0.15) is 8.17 Å². The number of halogens is 6. The van der Waals surface area contributed by atoms with Crippen LogP contribution in [0, 0.1) is 0 Å². The highest BCUT2D eigenvalue weighted by atomic mass is 35.6. The van der Waals surface area contributed by atoms with Crippen molar-refractivity contribution in [1.82, 2.24) is 12.7 Å². The summed E-state index contributed by atoms with van der Waals surface area (Å²) in [6.45, 7) is 2.00. The van der Waals surface area contributed by atoms with Gasteiger partial charge in [-0.05, 0) is 6.42 Å². The van der Waals surface area contributed by atoms with E-state index in [0.717, 1.165) is 12.7 Å². The first-order chi connectivity index (χ1) is 8.96. The van der Waals surface area contributed by atoms with Crippen molar-refractivity contribution in [2.75, 3.05) is 0 Å². The molecule has 20 heavy (non-hydrogen) atoms. The monoisotopic (exact) mass is 439 g/mol. The molecule has 0 saturated heterocycles. The molecule has 1 heterocycles. The number of rotatable bonds is 4. The minimum absolute atomic E-state index is 0.200. The molecule has 1 rings (SSSR count). The second-order valence-electron chi connectivity index (χ2n) is 3.34. The van der Waals surface area contributed by atoms with Crippen molar-refractivity contribution in [2.45, 2.75) is 26.1 Å². The highest BCUT2D eigenvalue weighted by molar-refractivity contribution is 8.05. The van der Waals surface area contributed by atoms with E-state index in [4.69, 9.17) is 69.6 Å². The Balaban J connectivity index is 3.42. The average molecular weight is 442 g/mol. The van der Waals surface area contributed by atoms with Crippen molar-refractivity contribution in [3.05, 3.63) is 21.0 Å². The molecule has 0 radical (unpaired) electrons. The lowest BCUT2D eigenvalue weighted by Crippen LogP contribution is -2.28. The molecule has 0 aromatic carbocycles. The first kappa shape index (κ1) is 19.2. The maximum atomic E-state index is 12.1. The number of alkyl halides is 6. The molecule has 0 aliphatic carbocycles. The van der Waals surface area contributed by atoms with Gasteiger partial charge in [-0.15, -0.1) is 0 Å². The third kappa shape index (κ3) is 5.43. The van der Waals surface area contributed by atoms with Gasteiger partial charge in [-0.25, -0.2) is 14.2 Å². The Morgan fingerprint density at radius 1 is 0.900 bits per heavy atom. The molecule has 0 unspecified atom stereocenters. The van der Waals surface area contributed by atoms with Gasteiger partial charge in [0.1, 0.15) is 0 Å². The summed E-state index contributed by atoms with van der Waals surface area (Å²) in [6.07, 6.45) is 0.566. The molecule has 0 saturated carbocycles. The molecule has 0 N–H and O–H groups in total. The van der Waals surface area contributed by atoms with Gasteiger partial charge >= 0.3 is 11.4 Å². The van der Waals surface area contributed by atoms with Crippen LogP contribution < -0.4 is 11.4 Å². The third-order valence-electron chi connectivity index (χ3n) is 1.78. The Labute approximate surface area is 152 Å². The summed E-state index contributed by atoms with van der Waals surface area (Å²) in [4.78, 5) is 24.3. The molecule has 0 aliphatic heterocycles. The molecular weight excluding hydrogens is 435 g/mol. The highest BCUT2D eigenvalue weighted by Gasteiger charge is 2.31. The Bertz CT molecular complexity index is 536. The van der Waals surface area contributed by atoms with Gasteiger partial charge in [0, 0.05) is 30.4 Å². The van der Waals surface area contributed by atoms with Crippen LogP contribution in [0.25, 0.3) is 0 Å². The second kappa shape index (κ2) is 7.17. The predicted octanol–water partition coefficient (Wildman–Crippen LogP) is 3.87. The van der Waals surface area contributed by atoms with Crippen LogP contribution in [-0.4, -0.2) is 19.0 Å². The van der Waals surface area contributed by atoms with Crippen LogP contribution in [0.5, 0.6) is 0 Å². The zero-order chi connectivity index (χ0) is 15.7. The van der Waals surface area contributed by atoms with E-state index in [1.54, 1.807) is 6.92 Å². The molecule has 5 nitrogen and oxygen atoms in total. The molecule has 1 aromatic rings. The van der Waals surface area contributed by atoms with Crippen molar-refractivity contribution in [2.24, 2.45) is 0 Å². The van der Waals surface area contributed by atoms with E-state index in [0.29, 0.717) is 30.3 Å². The molecule has 0 aliphatic rings. The summed E-state index contributed by atoms with van der Waals surface area (Å²) in [7, 11) is 0. The topological polar surface area (TPSA) is 48.9 Å². The van der Waals surface area contributed by atoms with Crippen LogP contribution >= 0.6 is 93.5 Å². The van der Waals surface area contributed by atoms with E-state index >= 15 is 0 Å². The average Bonchev–Trinajstić information content (AvgIpc) is 2.43. The summed E-state index contributed by atoms with van der Waals surface area (Å²) in [5.41, 5.74) is -1.34. The van der Waals surface area contributed by atoms with E-state index < -0.39 is 17.6 Å². The van der Waals surface area contributed by atoms with E-state index in [9.17, 15) is 9.59 Å². The molecule has 0 atom stereocenters. The van der Waals surface area contributed by atoms with Crippen molar-refractivity contribution >= 4 is 93.5 Å². The van der Waals surface area contributed by atoms with Crippen LogP contribution in [0.15, 0.2) is 9.59 Å². The van der Waals surface area contributed by atoms with Crippen LogP contribution in [-0.2, 0) is 6.54 Å². The van der Waals surface area contributed by atoms with Crippen molar-refractivity contribution in [3.8, 4) is 0 Å². The zero-order valence-corrected chi connectivity index (χ0v) is 15.8. The van der Waals surface area contributed by atoms with E-state index in [-0.39, 0.29) is 6.54 Å². The van der Waals surface area contributed by atoms with Crippen molar-refractivity contribution in [1.29, 1.82) is 0 Å². The molecular formula is C7H7Cl6N3O2S2. The molecule has 0 spiro atoms. The lowest BCUT2D eigenvalue weighted by Gasteiger charge is -2.14. The second-order valence-corrected chi connectivity index (χ2v) is 11.5. The van der Waals surface area contributed by atoms with E-state index in [1.165, 1.54) is 0 Å². The summed E-state index contributed by atoms with van der Waals surface area (Å²) in [6, 6.07) is 0. The van der Waals surface area contributed by atoms with Crippen molar-refractivity contribution < 1.29 is 0 Å². The normalized spacial score (nSPS) is 12.9. The minimum Gasteiger partial charge on any atom is -0.245 e. The molecule has 0 amide bonds. The number of hydrogen-bond donors (Lipinski definition) is 0. The van der Waals surface area contributed by atoms with Gasteiger partial charge in [-0.3, -0.25) is 0 Å². The fraction of sp³-hybridized carbons (Fsp3) is 0.714. The summed E-state index contributed by atoms with van der Waals surface area (Å²) in [5.74, 6) is 0. The van der Waals surface area contributed by atoms with Gasteiger partial charge in [-0.1, -0.05) is 76.5 Å². The number of nitrogens with zero attached hydrogens (tertiary/aromatic N) is 3. The standard InChI is InChI=1S/C7H7Cl6N3O2S2/c1-2-3-14-4(17)15(19-6(8,9)10)16(5(14)18)20-7(11,12)13/h2-3H2,1H3. The summed E-state index contributed by atoms with van der Waals surface area (Å²) in [5, 5.41) is 0. The SMILES string of the molecule is CCCn1c(=O)n(SC(Cl)(Cl)Cl)n(SC(Cl)(Cl)Cl)c1=O. The molecule has 116 valence electrons. The van der Waals surface area contributed by atoms with Crippen molar-refractivity contribution in [3.63, 3.8) is 0 Å². The first-order valence-electron chi connectivity index (χ1n) is 4.93. The quantitative estimate of drug-likeness (QED) is 0.665. The lowest BCUT2D eigenvalue weighted by molar-refractivity contribution is 0.634. The third-order valence-corrected chi connectivity index (χ3v) is 4.53. The minimum atomic E-state index is -1.86. The molecule has 0 bridgehead atoms. The van der Waals surface area contributed by atoms with Crippen LogP contribution in [0.4, 0.5) is 0 Å². The van der Waals surface area contributed by atoms with E-state index in [1.807, 2.05) is 0 Å². The Morgan fingerprint density at radius 2 is 1.25 bits per heavy atom. The first-order valence-corrected chi connectivity index (χ1v) is 8.75. The summed E-state index contributed by atoms with van der Waals surface area (Å²) < 4.78 is -1.06. The molecule has 13 heteroatoms. The van der Waals surface area contributed by atoms with Gasteiger partial charge in [0.2, 0.25) is 0 Å². The van der Waals surface area contributed by atoms with Crippen LogP contribution in [0.3, 0.4) is 0 Å². The Hall–Kier alpha value is 1.18. The highest BCUT2D eigenvalue weighted by Crippen LogP contribution is 2.42. The smallest absolute Gasteiger partial charge is 0.245 e. The van der Waals surface area contributed by atoms with Gasteiger partial charge in [0.25, 0.3) is 6.25 Å². The Kier molecular flexibility index (Phi) is 6.89. The molecule has 0 fully saturated rings. The Morgan fingerprint density at radius 3 is 1.50 bits per heavy atom. The van der Waals surface area contributed by atoms with Crippen LogP contribution in [0.1, 0.15) is 13.3 Å². The number of hydrogen-bond acceptors (Lipinski definition) is 4. The number of aromatic nitrogens is 3. The zero-order valence-electron chi connectivity index (χ0n) is 9.66. The van der Waals surface area contributed by atoms with Gasteiger partial charge in [0.15, 0.2) is 0 Å². The molecule has 1 aromatic heterocycles. The maximum absolute atomic E-state index is 12.1.